The van der Waals surface area contributed by atoms with E-state index in [2.05, 4.69) is 28.2 Å². The molecule has 2 amide bonds. The summed E-state index contributed by atoms with van der Waals surface area (Å²) in [7, 11) is 1.84. The number of hydrogen-bond acceptors (Lipinski definition) is 2. The first-order valence-electron chi connectivity index (χ1n) is 7.12. The van der Waals surface area contributed by atoms with Crippen LogP contribution in [-0.2, 0) is 6.54 Å². The van der Waals surface area contributed by atoms with Gasteiger partial charge in [-0.2, -0.15) is 0 Å². The van der Waals surface area contributed by atoms with E-state index in [9.17, 15) is 4.79 Å². The SMILES string of the molecule is CC1NC(=O)N(C)CCCCn2ccc3ccc1nc32. The molecule has 1 aliphatic heterocycles. The van der Waals surface area contributed by atoms with E-state index in [0.717, 1.165) is 42.7 Å². The second-order valence-corrected chi connectivity index (χ2v) is 5.46. The Morgan fingerprint density at radius 3 is 2.90 bits per heavy atom. The topological polar surface area (TPSA) is 50.2 Å². The number of aryl methyl sites for hydroxylation is 1. The smallest absolute Gasteiger partial charge is 0.317 e. The molecule has 1 unspecified atom stereocenters. The first-order chi connectivity index (χ1) is 9.65. The lowest BCUT2D eigenvalue weighted by molar-refractivity contribution is 0.204. The minimum Gasteiger partial charge on any atom is -0.333 e. The highest BCUT2D eigenvalue weighted by Crippen LogP contribution is 2.19. The highest BCUT2D eigenvalue weighted by molar-refractivity contribution is 5.77. The summed E-state index contributed by atoms with van der Waals surface area (Å²) in [5, 5.41) is 4.15. The van der Waals surface area contributed by atoms with Gasteiger partial charge in [-0.25, -0.2) is 9.78 Å². The van der Waals surface area contributed by atoms with Crippen LogP contribution in [0.5, 0.6) is 0 Å². The molecule has 106 valence electrons. The summed E-state index contributed by atoms with van der Waals surface area (Å²) in [4.78, 5) is 18.5. The molecule has 1 atom stereocenters. The number of aromatic nitrogens is 2. The summed E-state index contributed by atoms with van der Waals surface area (Å²) >= 11 is 0. The molecule has 0 saturated carbocycles. The summed E-state index contributed by atoms with van der Waals surface area (Å²) in [6.45, 7) is 3.70. The minimum absolute atomic E-state index is 0.0321. The van der Waals surface area contributed by atoms with Gasteiger partial charge in [0.1, 0.15) is 5.65 Å². The Kier molecular flexibility index (Phi) is 3.34. The van der Waals surface area contributed by atoms with Crippen molar-refractivity contribution in [1.29, 1.82) is 0 Å². The number of fused-ring (bicyclic) bond motifs is 1. The lowest BCUT2D eigenvalue weighted by Crippen LogP contribution is -2.39. The molecule has 2 aromatic rings. The van der Waals surface area contributed by atoms with E-state index in [1.54, 1.807) is 4.90 Å². The van der Waals surface area contributed by atoms with Gasteiger partial charge in [0.25, 0.3) is 0 Å². The molecule has 1 N–H and O–H groups in total. The van der Waals surface area contributed by atoms with E-state index in [1.807, 2.05) is 20.0 Å². The van der Waals surface area contributed by atoms with Crippen molar-refractivity contribution in [3.63, 3.8) is 0 Å². The number of carbonyl (C=O) groups is 1. The first-order valence-corrected chi connectivity index (χ1v) is 7.12. The third kappa shape index (κ3) is 2.35. The molecule has 1 aliphatic rings. The average Bonchev–Trinajstić information content (AvgIpc) is 2.84. The first kappa shape index (κ1) is 13.0. The Hall–Kier alpha value is -2.04. The largest absolute Gasteiger partial charge is 0.333 e. The maximum Gasteiger partial charge on any atom is 0.317 e. The summed E-state index contributed by atoms with van der Waals surface area (Å²) < 4.78 is 2.20. The number of nitrogens with one attached hydrogen (secondary N) is 1. The minimum atomic E-state index is -0.0860. The number of rotatable bonds is 0. The van der Waals surface area contributed by atoms with E-state index < -0.39 is 0 Å². The average molecular weight is 272 g/mol. The third-order valence-electron chi connectivity index (χ3n) is 3.91. The molecule has 2 bridgehead atoms. The van der Waals surface area contributed by atoms with E-state index in [0.29, 0.717) is 0 Å². The summed E-state index contributed by atoms with van der Waals surface area (Å²) in [6, 6.07) is 6.05. The molecule has 0 radical (unpaired) electrons. The zero-order valence-electron chi connectivity index (χ0n) is 12.0. The van der Waals surface area contributed by atoms with Crippen molar-refractivity contribution < 1.29 is 4.79 Å². The van der Waals surface area contributed by atoms with Gasteiger partial charge in [0.2, 0.25) is 0 Å². The van der Waals surface area contributed by atoms with Crippen LogP contribution in [0.3, 0.4) is 0 Å². The maximum atomic E-state index is 12.0. The Morgan fingerprint density at radius 2 is 2.05 bits per heavy atom. The predicted molar refractivity (Wildman–Crippen MR) is 78.5 cm³/mol. The standard InChI is InChI=1S/C15H20N4O/c1-11-13-6-5-12-7-10-19(14(12)17-13)9-4-3-8-18(2)15(20)16-11/h5-7,10-11H,3-4,8-9H2,1-2H3,(H,16,20). The lowest BCUT2D eigenvalue weighted by Gasteiger charge is -2.22. The Labute approximate surface area is 118 Å². The van der Waals surface area contributed by atoms with Crippen LogP contribution in [0.4, 0.5) is 4.79 Å². The molecule has 20 heavy (non-hydrogen) atoms. The number of urea groups is 1. The maximum absolute atomic E-state index is 12.0. The molecule has 3 heterocycles. The zero-order chi connectivity index (χ0) is 14.1. The van der Waals surface area contributed by atoms with Gasteiger partial charge >= 0.3 is 6.03 Å². The van der Waals surface area contributed by atoms with Crippen LogP contribution in [0.1, 0.15) is 31.5 Å². The summed E-state index contributed by atoms with van der Waals surface area (Å²) in [5.41, 5.74) is 1.91. The molecule has 5 nitrogen and oxygen atoms in total. The van der Waals surface area contributed by atoms with Crippen LogP contribution in [0.15, 0.2) is 24.4 Å². The number of pyridine rings is 1. The van der Waals surface area contributed by atoms with E-state index in [-0.39, 0.29) is 12.1 Å². The number of hydrogen-bond donors (Lipinski definition) is 1. The second-order valence-electron chi connectivity index (χ2n) is 5.46. The number of amides is 2. The van der Waals surface area contributed by atoms with Crippen LogP contribution < -0.4 is 5.32 Å². The molecular weight excluding hydrogens is 252 g/mol. The molecule has 0 saturated heterocycles. The van der Waals surface area contributed by atoms with Crippen molar-refractivity contribution in [3.05, 3.63) is 30.1 Å². The fraction of sp³-hybridized carbons (Fsp3) is 0.467. The van der Waals surface area contributed by atoms with Crippen molar-refractivity contribution >= 4 is 17.1 Å². The van der Waals surface area contributed by atoms with Crippen molar-refractivity contribution in [2.45, 2.75) is 32.4 Å². The van der Waals surface area contributed by atoms with Crippen molar-refractivity contribution in [2.24, 2.45) is 0 Å². The molecule has 3 rings (SSSR count). The highest BCUT2D eigenvalue weighted by atomic mass is 16.2. The van der Waals surface area contributed by atoms with Crippen LogP contribution in [0.2, 0.25) is 0 Å². The van der Waals surface area contributed by atoms with Crippen molar-refractivity contribution in [3.8, 4) is 0 Å². The molecule has 2 aromatic heterocycles. The molecule has 0 aliphatic carbocycles. The van der Waals surface area contributed by atoms with Gasteiger partial charge in [-0.3, -0.25) is 0 Å². The van der Waals surface area contributed by atoms with Crippen LogP contribution >= 0.6 is 0 Å². The Balaban J connectivity index is 2.01. The monoisotopic (exact) mass is 272 g/mol. The fourth-order valence-electron chi connectivity index (χ4n) is 2.60. The second kappa shape index (κ2) is 5.15. The van der Waals surface area contributed by atoms with Gasteiger partial charge in [-0.15, -0.1) is 0 Å². The lowest BCUT2D eigenvalue weighted by atomic mass is 10.2. The summed E-state index contributed by atoms with van der Waals surface area (Å²) in [5.74, 6) is 0. The van der Waals surface area contributed by atoms with Crippen LogP contribution in [0, 0.1) is 0 Å². The van der Waals surface area contributed by atoms with Gasteiger partial charge < -0.3 is 14.8 Å². The summed E-state index contributed by atoms with van der Waals surface area (Å²) in [6.07, 6.45) is 4.14. The van der Waals surface area contributed by atoms with Crippen molar-refractivity contribution in [1.82, 2.24) is 19.8 Å². The molecule has 0 aromatic carbocycles. The van der Waals surface area contributed by atoms with Crippen LogP contribution in [0.25, 0.3) is 11.0 Å². The Bertz CT molecular complexity index is 634. The number of carbonyl (C=O) groups excluding carboxylic acids is 1. The van der Waals surface area contributed by atoms with Gasteiger partial charge in [-0.05, 0) is 38.0 Å². The third-order valence-corrected chi connectivity index (χ3v) is 3.91. The van der Waals surface area contributed by atoms with Gasteiger partial charge in [-0.1, -0.05) is 0 Å². The van der Waals surface area contributed by atoms with Gasteiger partial charge in [0.15, 0.2) is 0 Å². The quantitative estimate of drug-likeness (QED) is 0.801. The van der Waals surface area contributed by atoms with Crippen molar-refractivity contribution in [2.75, 3.05) is 13.6 Å². The molecular formula is C15H20N4O. The van der Waals surface area contributed by atoms with E-state index >= 15 is 0 Å². The molecule has 0 spiro atoms. The van der Waals surface area contributed by atoms with Crippen LogP contribution in [-0.4, -0.2) is 34.1 Å². The fourth-order valence-corrected chi connectivity index (χ4v) is 2.60. The van der Waals surface area contributed by atoms with E-state index in [1.165, 1.54) is 0 Å². The zero-order valence-corrected chi connectivity index (χ0v) is 12.0. The molecule has 0 fully saturated rings. The Morgan fingerprint density at radius 1 is 1.25 bits per heavy atom. The number of nitrogens with zero attached hydrogens (tertiary/aromatic N) is 3. The molecule has 5 heteroatoms. The predicted octanol–water partition coefficient (Wildman–Crippen LogP) is 2.53. The normalized spacial score (nSPS) is 20.6. The van der Waals surface area contributed by atoms with Gasteiger partial charge in [0, 0.05) is 31.7 Å². The highest BCUT2D eigenvalue weighted by Gasteiger charge is 2.16. The van der Waals surface area contributed by atoms with Gasteiger partial charge in [0.05, 0.1) is 11.7 Å². The van der Waals surface area contributed by atoms with E-state index in [4.69, 9.17) is 4.98 Å².